The molecule has 2 amide bonds. The zero-order valence-corrected chi connectivity index (χ0v) is 40.0. The molecule has 2 aromatic heterocycles. The van der Waals surface area contributed by atoms with Gasteiger partial charge in [-0.05, 0) is 87.7 Å². The molecule has 2 unspecified atom stereocenters. The number of amides is 2. The largest absolute Gasteiger partial charge is 0.494 e. The Labute approximate surface area is 412 Å². The van der Waals surface area contributed by atoms with Crippen LogP contribution < -0.4 is 25.8 Å². The van der Waals surface area contributed by atoms with E-state index in [-0.39, 0.29) is 47.1 Å². The summed E-state index contributed by atoms with van der Waals surface area (Å²) in [6.07, 6.45) is 4.34. The van der Waals surface area contributed by atoms with Gasteiger partial charge in [-0.15, -0.1) is 0 Å². The van der Waals surface area contributed by atoms with Gasteiger partial charge in [-0.25, -0.2) is 32.0 Å². The Morgan fingerprint density at radius 1 is 0.764 bits per heavy atom. The van der Waals surface area contributed by atoms with E-state index in [1.54, 1.807) is 50.1 Å². The number of carbonyl (C=O) groups excluding carboxylic acids is 2. The third kappa shape index (κ3) is 13.7. The number of nitrogens with zero attached hydrogens (tertiary/aromatic N) is 7. The SMILES string of the molecule is NC1CCNC1.[C-]#[N+]c1ccc(-c2nn(CC(=O)NC3CCN(C(=O)OC(C)(C)C)C3)cc2-c2ccc(OC)c(F)c2)cc1F.[C-]#[N+]c1ccc(-c2nn(CC(=O)O)cc2-c2ccc(OC)c(F)c2)cc1F. The fourth-order valence-electron chi connectivity index (χ4n) is 7.62. The Morgan fingerprint density at radius 2 is 1.25 bits per heavy atom. The zero-order valence-electron chi connectivity index (χ0n) is 40.0. The maximum atomic E-state index is 14.5. The molecule has 2 atom stereocenters. The van der Waals surface area contributed by atoms with Crippen molar-refractivity contribution in [1.29, 1.82) is 0 Å². The number of aliphatic carboxylic acids is 1. The molecule has 72 heavy (non-hydrogen) atoms. The number of halogens is 4. The van der Waals surface area contributed by atoms with E-state index in [9.17, 15) is 31.9 Å². The second kappa shape index (κ2) is 23.6. The molecule has 5 N–H and O–H groups in total. The van der Waals surface area contributed by atoms with E-state index >= 15 is 0 Å². The van der Waals surface area contributed by atoms with Gasteiger partial charge in [-0.1, -0.05) is 36.4 Å². The Kier molecular flexibility index (Phi) is 17.4. The molecule has 21 heteroatoms. The second-order valence-electron chi connectivity index (χ2n) is 17.6. The van der Waals surface area contributed by atoms with Gasteiger partial charge >= 0.3 is 12.1 Å². The lowest BCUT2D eigenvalue weighted by molar-refractivity contribution is -0.137. The molecular weight excluding hydrogens is 941 g/mol. The van der Waals surface area contributed by atoms with Gasteiger partial charge in [0, 0.05) is 66.4 Å². The van der Waals surface area contributed by atoms with E-state index < -0.39 is 47.5 Å². The number of aromatic nitrogens is 4. The van der Waals surface area contributed by atoms with Gasteiger partial charge in [0.2, 0.25) is 17.3 Å². The summed E-state index contributed by atoms with van der Waals surface area (Å²) in [6, 6.07) is 16.9. The van der Waals surface area contributed by atoms with Crippen molar-refractivity contribution in [3.05, 3.63) is 131 Å². The van der Waals surface area contributed by atoms with Crippen LogP contribution >= 0.6 is 0 Å². The van der Waals surface area contributed by atoms with E-state index in [1.807, 2.05) is 0 Å². The summed E-state index contributed by atoms with van der Waals surface area (Å²) < 4.78 is 74.9. The number of likely N-dealkylation sites (tertiary alicyclic amines) is 1. The lowest BCUT2D eigenvalue weighted by Crippen LogP contribution is -2.41. The summed E-state index contributed by atoms with van der Waals surface area (Å²) in [4.78, 5) is 44.0. The molecule has 0 bridgehead atoms. The Hall–Kier alpha value is -8.27. The fraction of sp³-hybridized carbons (Fsp3) is 0.314. The maximum Gasteiger partial charge on any atom is 0.410 e. The highest BCUT2D eigenvalue weighted by molar-refractivity contribution is 5.83. The molecule has 6 aromatic rings. The highest BCUT2D eigenvalue weighted by Gasteiger charge is 2.31. The van der Waals surface area contributed by atoms with Crippen LogP contribution in [0.25, 0.3) is 54.5 Å². The van der Waals surface area contributed by atoms with Crippen molar-refractivity contribution < 1.29 is 51.3 Å². The highest BCUT2D eigenvalue weighted by Crippen LogP contribution is 2.37. The van der Waals surface area contributed by atoms with Crippen LogP contribution in [0.2, 0.25) is 0 Å². The predicted octanol–water partition coefficient (Wildman–Crippen LogP) is 8.63. The third-order valence-corrected chi connectivity index (χ3v) is 11.0. The number of carboxylic acids is 1. The molecule has 0 radical (unpaired) electrons. The third-order valence-electron chi connectivity index (χ3n) is 11.0. The van der Waals surface area contributed by atoms with Gasteiger partial charge in [0.25, 0.3) is 0 Å². The minimum atomic E-state index is -1.11. The Bertz CT molecular complexity index is 3020. The molecule has 4 heterocycles. The van der Waals surface area contributed by atoms with Crippen LogP contribution in [-0.4, -0.2) is 106 Å². The van der Waals surface area contributed by atoms with E-state index in [4.69, 9.17) is 38.2 Å². The molecule has 8 rings (SSSR count). The summed E-state index contributed by atoms with van der Waals surface area (Å²) in [5.74, 6) is -3.92. The normalized spacial score (nSPS) is 15.0. The van der Waals surface area contributed by atoms with E-state index in [0.717, 1.165) is 25.6 Å². The molecule has 2 fully saturated rings. The number of ether oxygens (including phenoxy) is 3. The van der Waals surface area contributed by atoms with Crippen molar-refractivity contribution in [2.45, 2.75) is 64.4 Å². The van der Waals surface area contributed by atoms with Gasteiger partial charge in [0.1, 0.15) is 41.7 Å². The molecule has 2 saturated heterocycles. The molecule has 2 aliphatic rings. The van der Waals surface area contributed by atoms with Crippen molar-refractivity contribution in [3.8, 4) is 56.3 Å². The maximum absolute atomic E-state index is 14.5. The minimum Gasteiger partial charge on any atom is -0.494 e. The molecule has 0 aliphatic carbocycles. The van der Waals surface area contributed by atoms with Gasteiger partial charge < -0.3 is 40.6 Å². The summed E-state index contributed by atoms with van der Waals surface area (Å²) in [5.41, 5.74) is 7.67. The Balaban J connectivity index is 0.000000221. The van der Waals surface area contributed by atoms with Crippen molar-refractivity contribution in [2.24, 2.45) is 5.73 Å². The van der Waals surface area contributed by atoms with Crippen molar-refractivity contribution in [1.82, 2.24) is 35.1 Å². The first-order valence-corrected chi connectivity index (χ1v) is 22.4. The van der Waals surface area contributed by atoms with Crippen LogP contribution in [0.5, 0.6) is 11.5 Å². The number of carbonyl (C=O) groups is 3. The minimum absolute atomic E-state index is 0.0608. The van der Waals surface area contributed by atoms with Crippen LogP contribution in [0.1, 0.15) is 33.6 Å². The molecule has 17 nitrogen and oxygen atoms in total. The molecule has 0 saturated carbocycles. The summed E-state index contributed by atoms with van der Waals surface area (Å²) in [7, 11) is 2.70. The highest BCUT2D eigenvalue weighted by atomic mass is 19.1. The number of nitrogens with two attached hydrogens (primary N) is 1. The number of carboxylic acid groups (broad SMARTS) is 1. The average molecular weight is 993 g/mol. The molecule has 376 valence electrons. The topological polar surface area (TPSA) is 197 Å². The van der Waals surface area contributed by atoms with Crippen LogP contribution in [0.15, 0.2) is 85.2 Å². The lowest BCUT2D eigenvalue weighted by Gasteiger charge is -2.24. The molecule has 2 aliphatic heterocycles. The second-order valence-corrected chi connectivity index (χ2v) is 17.6. The van der Waals surface area contributed by atoms with Crippen molar-refractivity contribution in [2.75, 3.05) is 40.4 Å². The summed E-state index contributed by atoms with van der Waals surface area (Å²) in [6.45, 7) is 21.7. The van der Waals surface area contributed by atoms with Crippen LogP contribution in [0.4, 0.5) is 33.7 Å². The average Bonchev–Trinajstić information content (AvgIpc) is 4.17. The smallest absolute Gasteiger partial charge is 0.410 e. The number of methoxy groups -OCH3 is 2. The standard InChI is InChI=1S/C28H29F2N5O4.C19H13F2N3O3.C4H10N2/c1-28(2,3)39-27(37)34-11-10-19(14-34)32-25(36)16-35-15-20(17-7-9-24(38-5)22(30)12-17)26(33-35)18-6-8-23(31-4)21(29)13-18;1-22-16-5-3-12(8-14(16)20)19-13(9-24(23-19)10-18(25)26)11-4-6-17(27-2)15(21)7-11;5-4-1-2-6-3-4/h6-9,12-13,15,19H,10-11,14,16H2,1-3,5H3,(H,32,36);3-9H,10H2,2H3,(H,25,26);4,6H,1-3,5H2. The lowest BCUT2D eigenvalue weighted by atomic mass is 10.0. The van der Waals surface area contributed by atoms with E-state index in [1.165, 1.54) is 78.3 Å². The predicted molar refractivity (Wildman–Crippen MR) is 259 cm³/mol. The van der Waals surface area contributed by atoms with Crippen LogP contribution in [0, 0.1) is 36.4 Å². The first kappa shape index (κ1) is 53.1. The van der Waals surface area contributed by atoms with Gasteiger partial charge in [-0.2, -0.15) is 10.2 Å². The van der Waals surface area contributed by atoms with Crippen molar-refractivity contribution >= 4 is 29.3 Å². The zero-order chi connectivity index (χ0) is 52.3. The number of hydrogen-bond donors (Lipinski definition) is 4. The van der Waals surface area contributed by atoms with E-state index in [2.05, 4.69) is 30.5 Å². The Morgan fingerprint density at radius 3 is 1.64 bits per heavy atom. The molecule has 4 aromatic carbocycles. The quantitative estimate of drug-likeness (QED) is 0.0717. The molecular formula is C51H52F4N10O7. The number of rotatable bonds is 11. The number of benzene rings is 4. The van der Waals surface area contributed by atoms with Crippen LogP contribution in [0.3, 0.4) is 0 Å². The summed E-state index contributed by atoms with van der Waals surface area (Å²) in [5, 5.41) is 23.8. The number of nitrogens with one attached hydrogen (secondary N) is 2. The molecule has 0 spiro atoms. The monoisotopic (exact) mass is 992 g/mol. The summed E-state index contributed by atoms with van der Waals surface area (Å²) >= 11 is 0. The first-order valence-electron chi connectivity index (χ1n) is 22.4. The fourth-order valence-corrected chi connectivity index (χ4v) is 7.62. The van der Waals surface area contributed by atoms with Crippen molar-refractivity contribution in [3.63, 3.8) is 0 Å². The van der Waals surface area contributed by atoms with Crippen LogP contribution in [-0.2, 0) is 27.4 Å². The van der Waals surface area contributed by atoms with Gasteiger partial charge in [0.15, 0.2) is 23.1 Å². The number of hydrogen-bond acceptors (Lipinski definition) is 10. The first-order chi connectivity index (χ1) is 34.3. The van der Waals surface area contributed by atoms with Gasteiger partial charge in [-0.3, -0.25) is 19.0 Å². The van der Waals surface area contributed by atoms with E-state index in [0.29, 0.717) is 64.6 Å². The van der Waals surface area contributed by atoms with Gasteiger partial charge in [0.05, 0.1) is 27.4 Å².